The van der Waals surface area contributed by atoms with E-state index in [0.717, 1.165) is 49.1 Å². The van der Waals surface area contributed by atoms with Gasteiger partial charge in [-0.15, -0.1) is 10.2 Å². The standard InChI is InChI=1S/C18H24Cl2N6/c1-21-18(23-12-13-6-7-14(19)11-15(13)20)22-9-8-17-25-24-16-5-3-2-4-10-26(16)17/h6-7,11H,2-5,8-10,12H2,1H3,(H2,21,22,23). The van der Waals surface area contributed by atoms with Crippen molar-refractivity contribution < 1.29 is 0 Å². The van der Waals surface area contributed by atoms with Gasteiger partial charge >= 0.3 is 0 Å². The van der Waals surface area contributed by atoms with Crippen molar-refractivity contribution in [2.75, 3.05) is 13.6 Å². The van der Waals surface area contributed by atoms with Gasteiger partial charge in [0.15, 0.2) is 5.96 Å². The number of aromatic nitrogens is 3. The Morgan fingerprint density at radius 1 is 1.19 bits per heavy atom. The second-order valence-corrected chi connectivity index (χ2v) is 7.18. The number of fused-ring (bicyclic) bond motifs is 1. The Bertz CT molecular complexity index is 771. The van der Waals surface area contributed by atoms with Gasteiger partial charge in [-0.1, -0.05) is 35.7 Å². The average Bonchev–Trinajstić information content (AvgIpc) is 2.86. The van der Waals surface area contributed by atoms with Crippen molar-refractivity contribution in [3.8, 4) is 0 Å². The number of benzene rings is 1. The third-order valence-corrected chi connectivity index (χ3v) is 5.10. The first-order chi connectivity index (χ1) is 12.7. The maximum Gasteiger partial charge on any atom is 0.191 e. The van der Waals surface area contributed by atoms with Gasteiger partial charge in [-0.25, -0.2) is 0 Å². The van der Waals surface area contributed by atoms with E-state index < -0.39 is 0 Å². The van der Waals surface area contributed by atoms with Gasteiger partial charge in [0.25, 0.3) is 0 Å². The van der Waals surface area contributed by atoms with Crippen molar-refractivity contribution in [1.29, 1.82) is 0 Å². The molecular formula is C18H24Cl2N6. The van der Waals surface area contributed by atoms with Crippen LogP contribution in [-0.2, 0) is 25.9 Å². The van der Waals surface area contributed by atoms with E-state index in [9.17, 15) is 0 Å². The fourth-order valence-corrected chi connectivity index (χ4v) is 3.56. The van der Waals surface area contributed by atoms with E-state index in [-0.39, 0.29) is 0 Å². The summed E-state index contributed by atoms with van der Waals surface area (Å²) >= 11 is 12.1. The molecule has 0 saturated carbocycles. The Kier molecular flexibility index (Phi) is 6.74. The monoisotopic (exact) mass is 394 g/mol. The van der Waals surface area contributed by atoms with Crippen LogP contribution in [0.5, 0.6) is 0 Å². The minimum Gasteiger partial charge on any atom is -0.356 e. The lowest BCUT2D eigenvalue weighted by atomic mass is 10.2. The van der Waals surface area contributed by atoms with Crippen LogP contribution in [0.4, 0.5) is 0 Å². The minimum atomic E-state index is 0.579. The Hall–Kier alpha value is -1.79. The molecule has 0 fully saturated rings. The fraction of sp³-hybridized carbons (Fsp3) is 0.500. The molecule has 2 heterocycles. The smallest absolute Gasteiger partial charge is 0.191 e. The molecule has 1 aliphatic rings. The zero-order valence-electron chi connectivity index (χ0n) is 14.9. The molecule has 0 spiro atoms. The number of hydrogen-bond acceptors (Lipinski definition) is 3. The summed E-state index contributed by atoms with van der Waals surface area (Å²) < 4.78 is 2.28. The quantitative estimate of drug-likeness (QED) is 0.603. The molecule has 1 aromatic carbocycles. The predicted molar refractivity (Wildman–Crippen MR) is 106 cm³/mol. The lowest BCUT2D eigenvalue weighted by molar-refractivity contribution is 0.600. The van der Waals surface area contributed by atoms with E-state index in [1.807, 2.05) is 12.1 Å². The normalized spacial score (nSPS) is 14.7. The second-order valence-electron chi connectivity index (χ2n) is 6.33. The lowest BCUT2D eigenvalue weighted by Crippen LogP contribution is -2.38. The number of nitrogens with zero attached hydrogens (tertiary/aromatic N) is 4. The molecule has 0 aliphatic carbocycles. The van der Waals surface area contributed by atoms with Crippen LogP contribution in [0.1, 0.15) is 36.5 Å². The number of halogens is 2. The highest BCUT2D eigenvalue weighted by Crippen LogP contribution is 2.20. The first-order valence-electron chi connectivity index (χ1n) is 8.97. The first-order valence-corrected chi connectivity index (χ1v) is 9.72. The molecule has 6 nitrogen and oxygen atoms in total. The Morgan fingerprint density at radius 2 is 2.08 bits per heavy atom. The van der Waals surface area contributed by atoms with Crippen LogP contribution < -0.4 is 10.6 Å². The zero-order valence-corrected chi connectivity index (χ0v) is 16.4. The maximum atomic E-state index is 6.21. The second kappa shape index (κ2) is 9.24. The zero-order chi connectivity index (χ0) is 18.4. The van der Waals surface area contributed by atoms with Gasteiger partial charge in [-0.2, -0.15) is 0 Å². The van der Waals surface area contributed by atoms with Crippen LogP contribution >= 0.6 is 23.2 Å². The molecule has 2 N–H and O–H groups in total. The van der Waals surface area contributed by atoms with Crippen LogP contribution in [0, 0.1) is 0 Å². The van der Waals surface area contributed by atoms with Gasteiger partial charge < -0.3 is 15.2 Å². The molecule has 26 heavy (non-hydrogen) atoms. The summed E-state index contributed by atoms with van der Waals surface area (Å²) in [5.41, 5.74) is 0.974. The van der Waals surface area contributed by atoms with Gasteiger partial charge in [0.2, 0.25) is 0 Å². The molecule has 1 aliphatic heterocycles. The van der Waals surface area contributed by atoms with Crippen LogP contribution in [0.2, 0.25) is 10.0 Å². The molecule has 0 atom stereocenters. The molecular weight excluding hydrogens is 371 g/mol. The van der Waals surface area contributed by atoms with Gasteiger partial charge in [0.05, 0.1) is 0 Å². The van der Waals surface area contributed by atoms with E-state index in [1.165, 1.54) is 19.3 Å². The van der Waals surface area contributed by atoms with Crippen molar-refractivity contribution in [3.05, 3.63) is 45.5 Å². The summed E-state index contributed by atoms with van der Waals surface area (Å²) in [6.45, 7) is 2.35. The number of aliphatic imine (C=N–C) groups is 1. The summed E-state index contributed by atoms with van der Waals surface area (Å²) in [5, 5.41) is 16.6. The highest BCUT2D eigenvalue weighted by molar-refractivity contribution is 6.35. The minimum absolute atomic E-state index is 0.579. The van der Waals surface area contributed by atoms with E-state index in [0.29, 0.717) is 16.6 Å². The summed E-state index contributed by atoms with van der Waals surface area (Å²) in [5.74, 6) is 2.90. The molecule has 2 aromatic rings. The predicted octanol–water partition coefficient (Wildman–Crippen LogP) is 3.22. The number of guanidine groups is 1. The number of nitrogens with one attached hydrogen (secondary N) is 2. The van der Waals surface area contributed by atoms with Gasteiger partial charge in [-0.05, 0) is 30.5 Å². The van der Waals surface area contributed by atoms with E-state index in [1.54, 1.807) is 13.1 Å². The Morgan fingerprint density at radius 3 is 2.88 bits per heavy atom. The van der Waals surface area contributed by atoms with Crippen molar-refractivity contribution in [1.82, 2.24) is 25.4 Å². The summed E-state index contributed by atoms with van der Waals surface area (Å²) in [7, 11) is 1.75. The maximum absolute atomic E-state index is 6.21. The van der Waals surface area contributed by atoms with Crippen LogP contribution in [0.3, 0.4) is 0 Å². The molecule has 140 valence electrons. The molecule has 3 rings (SSSR count). The topological polar surface area (TPSA) is 67.1 Å². The highest BCUT2D eigenvalue weighted by Gasteiger charge is 2.14. The van der Waals surface area contributed by atoms with Crippen LogP contribution in [-0.4, -0.2) is 34.3 Å². The first kappa shape index (κ1) is 19.0. The summed E-state index contributed by atoms with van der Waals surface area (Å²) in [6, 6.07) is 5.49. The third kappa shape index (κ3) is 4.89. The van der Waals surface area contributed by atoms with Crippen molar-refractivity contribution in [2.24, 2.45) is 4.99 Å². The molecule has 0 saturated heterocycles. The molecule has 0 amide bonds. The van der Waals surface area contributed by atoms with Crippen LogP contribution in [0.25, 0.3) is 0 Å². The molecule has 1 aromatic heterocycles. The lowest BCUT2D eigenvalue weighted by Gasteiger charge is -2.13. The SMILES string of the molecule is CN=C(NCCc1nnc2n1CCCCC2)NCc1ccc(Cl)cc1Cl. The number of rotatable bonds is 5. The Balaban J connectivity index is 1.49. The number of hydrogen-bond donors (Lipinski definition) is 2. The van der Waals surface area contributed by atoms with E-state index in [4.69, 9.17) is 23.2 Å². The largest absolute Gasteiger partial charge is 0.356 e. The van der Waals surface area contributed by atoms with Gasteiger partial charge in [0.1, 0.15) is 11.6 Å². The van der Waals surface area contributed by atoms with Crippen LogP contribution in [0.15, 0.2) is 23.2 Å². The van der Waals surface area contributed by atoms with E-state index in [2.05, 4.69) is 30.4 Å². The number of aryl methyl sites for hydroxylation is 1. The summed E-state index contributed by atoms with van der Waals surface area (Å²) in [6.07, 6.45) is 5.53. The van der Waals surface area contributed by atoms with Gasteiger partial charge in [-0.3, -0.25) is 4.99 Å². The Labute approximate surface area is 164 Å². The molecule has 0 radical (unpaired) electrons. The fourth-order valence-electron chi connectivity index (χ4n) is 3.09. The average molecular weight is 395 g/mol. The molecule has 8 heteroatoms. The highest BCUT2D eigenvalue weighted by atomic mass is 35.5. The van der Waals surface area contributed by atoms with Crippen molar-refractivity contribution >= 4 is 29.2 Å². The third-order valence-electron chi connectivity index (χ3n) is 4.51. The van der Waals surface area contributed by atoms with Gasteiger partial charge in [0, 0.05) is 49.6 Å². The molecule has 0 unspecified atom stereocenters. The van der Waals surface area contributed by atoms with E-state index >= 15 is 0 Å². The molecule has 0 bridgehead atoms. The summed E-state index contributed by atoms with van der Waals surface area (Å²) in [4.78, 5) is 4.25. The van der Waals surface area contributed by atoms with Crippen molar-refractivity contribution in [3.63, 3.8) is 0 Å². The van der Waals surface area contributed by atoms with Crippen molar-refractivity contribution in [2.45, 2.75) is 45.2 Å².